The molecule has 0 spiro atoms. The average Bonchev–Trinajstić information content (AvgIpc) is 3.07. The Morgan fingerprint density at radius 2 is 2.19 bits per heavy atom. The van der Waals surface area contributed by atoms with Crippen LogP contribution in [0.4, 0.5) is 5.69 Å². The highest BCUT2D eigenvalue weighted by Gasteiger charge is 2.12. The number of ketones is 1. The van der Waals surface area contributed by atoms with Crippen molar-refractivity contribution in [2.75, 3.05) is 12.4 Å². The van der Waals surface area contributed by atoms with Crippen molar-refractivity contribution in [2.24, 2.45) is 0 Å². The lowest BCUT2D eigenvalue weighted by Crippen LogP contribution is -2.13. The van der Waals surface area contributed by atoms with E-state index in [1.165, 1.54) is 43.4 Å². The molecule has 21 heavy (non-hydrogen) atoms. The van der Waals surface area contributed by atoms with Gasteiger partial charge in [-0.15, -0.1) is 0 Å². The van der Waals surface area contributed by atoms with Crippen LogP contribution in [0, 0.1) is 0 Å². The van der Waals surface area contributed by atoms with Gasteiger partial charge >= 0.3 is 5.97 Å². The van der Waals surface area contributed by atoms with E-state index in [0.29, 0.717) is 11.3 Å². The lowest BCUT2D eigenvalue weighted by Gasteiger charge is -2.00. The van der Waals surface area contributed by atoms with E-state index >= 15 is 0 Å². The van der Waals surface area contributed by atoms with Gasteiger partial charge in [0.05, 0.1) is 19.0 Å². The van der Waals surface area contributed by atoms with E-state index in [0.717, 1.165) is 0 Å². The molecule has 0 atom stereocenters. The van der Waals surface area contributed by atoms with Crippen LogP contribution in [-0.4, -0.2) is 39.5 Å². The Hall–Kier alpha value is -2.90. The van der Waals surface area contributed by atoms with E-state index < -0.39 is 11.9 Å². The number of nitrogens with zero attached hydrogens (tertiary/aromatic N) is 2. The van der Waals surface area contributed by atoms with Crippen LogP contribution in [0.15, 0.2) is 24.7 Å². The van der Waals surface area contributed by atoms with Crippen LogP contribution in [0.3, 0.4) is 0 Å². The summed E-state index contributed by atoms with van der Waals surface area (Å²) in [5, 5.41) is 6.53. The first-order chi connectivity index (χ1) is 9.99. The monoisotopic (exact) mass is 290 g/mol. The van der Waals surface area contributed by atoms with Crippen LogP contribution >= 0.6 is 0 Å². The van der Waals surface area contributed by atoms with Crippen molar-refractivity contribution in [1.82, 2.24) is 14.8 Å². The number of amides is 1. The first-order valence-electron chi connectivity index (χ1n) is 6.09. The molecule has 2 aromatic rings. The number of aromatic nitrogens is 3. The first-order valence-corrected chi connectivity index (χ1v) is 6.09. The predicted octanol–water partition coefficient (Wildman–Crippen LogP) is 0.839. The highest BCUT2D eigenvalue weighted by Crippen LogP contribution is 2.09. The number of nitrogens with one attached hydrogen (secondary N) is 2. The fourth-order valence-electron chi connectivity index (χ4n) is 1.64. The van der Waals surface area contributed by atoms with E-state index in [1.807, 2.05) is 0 Å². The molecule has 0 bridgehead atoms. The van der Waals surface area contributed by atoms with Crippen LogP contribution in [0.2, 0.25) is 0 Å². The van der Waals surface area contributed by atoms with E-state index in [2.05, 4.69) is 20.1 Å². The van der Waals surface area contributed by atoms with E-state index in [9.17, 15) is 14.4 Å². The number of hydrogen-bond donors (Lipinski definition) is 2. The molecule has 2 heterocycles. The molecule has 110 valence electrons. The molecular weight excluding hydrogens is 276 g/mol. The second kappa shape index (κ2) is 6.04. The second-order valence-corrected chi connectivity index (χ2v) is 4.32. The van der Waals surface area contributed by atoms with Gasteiger partial charge in [-0.25, -0.2) is 0 Å². The molecule has 0 aromatic carbocycles. The third-order valence-electron chi connectivity index (χ3n) is 2.74. The summed E-state index contributed by atoms with van der Waals surface area (Å²) in [5.74, 6) is -0.970. The molecule has 8 heteroatoms. The maximum atomic E-state index is 12.0. The minimum absolute atomic E-state index is 0.0383. The molecule has 0 fully saturated rings. The highest BCUT2D eigenvalue weighted by molar-refractivity contribution is 6.05. The van der Waals surface area contributed by atoms with Gasteiger partial charge < -0.3 is 15.0 Å². The number of H-pyrrole nitrogens is 1. The molecule has 0 saturated heterocycles. The number of carbonyl (C=O) groups is 3. The Bertz CT molecular complexity index is 686. The van der Waals surface area contributed by atoms with Gasteiger partial charge in [-0.1, -0.05) is 0 Å². The number of esters is 1. The minimum Gasteiger partial charge on any atom is -0.468 e. The Kier molecular flexibility index (Phi) is 4.17. The summed E-state index contributed by atoms with van der Waals surface area (Å²) in [5.41, 5.74) is 1.13. The number of rotatable bonds is 5. The van der Waals surface area contributed by atoms with Gasteiger partial charge in [0.25, 0.3) is 5.91 Å². The summed E-state index contributed by atoms with van der Waals surface area (Å²) in [7, 11) is 1.28. The van der Waals surface area contributed by atoms with Crippen molar-refractivity contribution in [3.8, 4) is 0 Å². The molecule has 0 aliphatic carbocycles. The molecule has 1 amide bonds. The largest absolute Gasteiger partial charge is 0.468 e. The smallest absolute Gasteiger partial charge is 0.327 e. The van der Waals surface area contributed by atoms with Crippen molar-refractivity contribution in [1.29, 1.82) is 0 Å². The van der Waals surface area contributed by atoms with Crippen LogP contribution in [0.1, 0.15) is 27.8 Å². The second-order valence-electron chi connectivity index (χ2n) is 4.32. The van der Waals surface area contributed by atoms with Gasteiger partial charge in [-0.2, -0.15) is 5.10 Å². The molecule has 0 unspecified atom stereocenters. The molecule has 0 radical (unpaired) electrons. The van der Waals surface area contributed by atoms with Gasteiger partial charge in [-0.05, 0) is 13.0 Å². The SMILES string of the molecule is COC(=O)Cn1cc(NC(=O)c2cc(C(C)=O)c[nH]2)cn1. The Morgan fingerprint density at radius 3 is 2.81 bits per heavy atom. The molecule has 0 saturated carbocycles. The lowest BCUT2D eigenvalue weighted by atomic mass is 10.2. The molecule has 2 aromatic heterocycles. The number of methoxy groups -OCH3 is 1. The molecule has 0 aliphatic rings. The maximum absolute atomic E-state index is 12.0. The van der Waals surface area contributed by atoms with Crippen molar-refractivity contribution in [2.45, 2.75) is 13.5 Å². The van der Waals surface area contributed by atoms with Crippen molar-refractivity contribution in [3.05, 3.63) is 35.9 Å². The molecular formula is C13H14N4O4. The van der Waals surface area contributed by atoms with Crippen molar-refractivity contribution < 1.29 is 19.1 Å². The number of anilines is 1. The third-order valence-corrected chi connectivity index (χ3v) is 2.74. The van der Waals surface area contributed by atoms with E-state index in [-0.39, 0.29) is 18.0 Å². The van der Waals surface area contributed by atoms with Crippen molar-refractivity contribution in [3.63, 3.8) is 0 Å². The Labute approximate surface area is 120 Å². The standard InChI is InChI=1S/C13H14N4O4/c1-8(18)9-3-11(14-4-9)13(20)16-10-5-15-17(6-10)7-12(19)21-2/h3-6,14H,7H2,1-2H3,(H,16,20). The summed E-state index contributed by atoms with van der Waals surface area (Å²) in [6.45, 7) is 1.38. The van der Waals surface area contributed by atoms with E-state index in [1.54, 1.807) is 0 Å². The number of ether oxygens (including phenoxy) is 1. The fourth-order valence-corrected chi connectivity index (χ4v) is 1.64. The summed E-state index contributed by atoms with van der Waals surface area (Å²) < 4.78 is 5.86. The minimum atomic E-state index is -0.438. The molecule has 2 rings (SSSR count). The van der Waals surface area contributed by atoms with Crippen LogP contribution < -0.4 is 5.32 Å². The third kappa shape index (κ3) is 3.56. The van der Waals surface area contributed by atoms with Crippen LogP contribution in [0.5, 0.6) is 0 Å². The highest BCUT2D eigenvalue weighted by atomic mass is 16.5. The number of carbonyl (C=O) groups excluding carboxylic acids is 3. The zero-order chi connectivity index (χ0) is 15.4. The summed E-state index contributed by atoms with van der Waals surface area (Å²) in [6.07, 6.45) is 4.39. The number of aromatic amines is 1. The van der Waals surface area contributed by atoms with Gasteiger partial charge in [0, 0.05) is 18.0 Å². The van der Waals surface area contributed by atoms with Gasteiger partial charge in [0.2, 0.25) is 0 Å². The number of hydrogen-bond acceptors (Lipinski definition) is 5. The van der Waals surface area contributed by atoms with E-state index in [4.69, 9.17) is 0 Å². The quantitative estimate of drug-likeness (QED) is 0.627. The summed E-state index contributed by atoms with van der Waals surface area (Å²) in [4.78, 5) is 36.9. The summed E-state index contributed by atoms with van der Waals surface area (Å²) in [6, 6.07) is 1.47. The normalized spacial score (nSPS) is 10.2. The average molecular weight is 290 g/mol. The number of Topliss-reactive ketones (excluding diaryl/α,β-unsaturated/α-hetero) is 1. The van der Waals surface area contributed by atoms with Crippen LogP contribution in [0.25, 0.3) is 0 Å². The zero-order valence-corrected chi connectivity index (χ0v) is 11.5. The maximum Gasteiger partial charge on any atom is 0.327 e. The van der Waals surface area contributed by atoms with Gasteiger partial charge in [-0.3, -0.25) is 19.1 Å². The Balaban J connectivity index is 2.02. The fraction of sp³-hybridized carbons (Fsp3) is 0.231. The topological polar surface area (TPSA) is 106 Å². The summed E-state index contributed by atoms with van der Waals surface area (Å²) >= 11 is 0. The van der Waals surface area contributed by atoms with Gasteiger partial charge in [0.1, 0.15) is 12.2 Å². The molecule has 0 aliphatic heterocycles. The first kappa shape index (κ1) is 14.5. The molecule has 2 N–H and O–H groups in total. The van der Waals surface area contributed by atoms with Crippen molar-refractivity contribution >= 4 is 23.3 Å². The predicted molar refractivity (Wildman–Crippen MR) is 73.0 cm³/mol. The van der Waals surface area contributed by atoms with Gasteiger partial charge in [0.15, 0.2) is 5.78 Å². The Morgan fingerprint density at radius 1 is 1.43 bits per heavy atom. The van der Waals surface area contributed by atoms with Crippen LogP contribution in [-0.2, 0) is 16.1 Å². The molecule has 8 nitrogen and oxygen atoms in total. The zero-order valence-electron chi connectivity index (χ0n) is 11.5. The lowest BCUT2D eigenvalue weighted by molar-refractivity contribution is -0.141.